The van der Waals surface area contributed by atoms with Crippen LogP contribution in [0.3, 0.4) is 0 Å². The highest BCUT2D eigenvalue weighted by Gasteiger charge is 2.17. The lowest BCUT2D eigenvalue weighted by molar-refractivity contribution is 0.611. The van der Waals surface area contributed by atoms with E-state index in [-0.39, 0.29) is 5.92 Å². The number of aliphatic imine (C=N–C) groups is 1. The minimum atomic E-state index is 0.283. The van der Waals surface area contributed by atoms with Crippen LogP contribution < -0.4 is 16.4 Å². The zero-order valence-electron chi connectivity index (χ0n) is 14.9. The Hall–Kier alpha value is -2.60. The van der Waals surface area contributed by atoms with E-state index in [4.69, 9.17) is 5.73 Å². The molecule has 2 aromatic heterocycles. The Kier molecular flexibility index (Phi) is 5.19. The first-order valence-corrected chi connectivity index (χ1v) is 8.70. The van der Waals surface area contributed by atoms with Crippen molar-refractivity contribution in [1.82, 2.24) is 20.2 Å². The van der Waals surface area contributed by atoms with Gasteiger partial charge in [-0.15, -0.1) is 0 Å². The van der Waals surface area contributed by atoms with Crippen LogP contribution in [0.25, 0.3) is 11.2 Å². The third kappa shape index (κ3) is 3.91. The number of aromatic nitrogens is 2. The van der Waals surface area contributed by atoms with Gasteiger partial charge in [0.15, 0.2) is 0 Å². The third-order valence-electron chi connectivity index (χ3n) is 4.32. The molecule has 0 aliphatic carbocycles. The number of pyridine rings is 1. The summed E-state index contributed by atoms with van der Waals surface area (Å²) in [4.78, 5) is 4.35. The van der Waals surface area contributed by atoms with Crippen molar-refractivity contribution in [3.8, 4) is 0 Å². The minimum Gasteiger partial charge on any atom is -0.398 e. The average Bonchev–Trinajstić information content (AvgIpc) is 3.21. The van der Waals surface area contributed by atoms with Crippen LogP contribution in [0.2, 0.25) is 0 Å². The molecule has 2 aromatic rings. The summed E-state index contributed by atoms with van der Waals surface area (Å²) >= 11 is 0. The topological polar surface area (TPSA) is 79.7 Å². The van der Waals surface area contributed by atoms with Crippen molar-refractivity contribution in [3.05, 3.63) is 54.1 Å². The van der Waals surface area contributed by atoms with Crippen molar-refractivity contribution in [2.45, 2.75) is 32.2 Å². The summed E-state index contributed by atoms with van der Waals surface area (Å²) < 4.78 is 1.87. The van der Waals surface area contributed by atoms with Crippen LogP contribution in [0.5, 0.6) is 0 Å². The smallest absolute Gasteiger partial charge is 0.118 e. The first kappa shape index (κ1) is 17.2. The summed E-state index contributed by atoms with van der Waals surface area (Å²) in [6, 6.07) is 6.38. The Morgan fingerprint density at radius 3 is 3.08 bits per heavy atom. The number of hydrogen-bond acceptors (Lipinski definition) is 5. The van der Waals surface area contributed by atoms with Gasteiger partial charge in [0.25, 0.3) is 0 Å². The minimum absolute atomic E-state index is 0.283. The molecule has 1 saturated heterocycles. The predicted octanol–water partition coefficient (Wildman–Crippen LogP) is 2.25. The van der Waals surface area contributed by atoms with Gasteiger partial charge >= 0.3 is 0 Å². The standard InChI is InChI=1S/C19H26N6/c1-13(2)19-18(17-6-4-5-11-25(17)24-19)16(20)8-10-22-14(3)23-15-7-9-21-12-15/h4-6,8,10-11,13,15,21,23H,3,7,9,12,20H2,1-2H3/b16-8-,22-10-. The zero-order valence-corrected chi connectivity index (χ0v) is 14.9. The van der Waals surface area contributed by atoms with E-state index in [9.17, 15) is 0 Å². The fraction of sp³-hybridized carbons (Fsp3) is 0.368. The van der Waals surface area contributed by atoms with E-state index in [1.807, 2.05) is 35.0 Å². The second-order valence-electron chi connectivity index (χ2n) is 6.63. The number of nitrogens with one attached hydrogen (secondary N) is 2. The van der Waals surface area contributed by atoms with Gasteiger partial charge in [-0.1, -0.05) is 26.5 Å². The van der Waals surface area contributed by atoms with Crippen molar-refractivity contribution < 1.29 is 0 Å². The Morgan fingerprint density at radius 2 is 2.36 bits per heavy atom. The van der Waals surface area contributed by atoms with Crippen molar-refractivity contribution in [2.24, 2.45) is 10.7 Å². The lowest BCUT2D eigenvalue weighted by atomic mass is 10.0. The first-order chi connectivity index (χ1) is 12.1. The number of nitrogens with zero attached hydrogens (tertiary/aromatic N) is 3. The molecule has 6 nitrogen and oxygen atoms in total. The van der Waals surface area contributed by atoms with Gasteiger partial charge in [-0.3, -0.25) is 0 Å². The van der Waals surface area contributed by atoms with Crippen molar-refractivity contribution in [1.29, 1.82) is 0 Å². The van der Waals surface area contributed by atoms with Gasteiger partial charge in [0, 0.05) is 36.3 Å². The summed E-state index contributed by atoms with van der Waals surface area (Å²) in [6.45, 7) is 10.2. The van der Waals surface area contributed by atoms with Crippen molar-refractivity contribution >= 4 is 17.4 Å². The monoisotopic (exact) mass is 338 g/mol. The van der Waals surface area contributed by atoms with Crippen LogP contribution in [0.4, 0.5) is 0 Å². The Balaban J connectivity index is 1.79. The molecule has 0 amide bonds. The highest BCUT2D eigenvalue weighted by molar-refractivity contribution is 5.89. The molecule has 6 heteroatoms. The van der Waals surface area contributed by atoms with E-state index < -0.39 is 0 Å². The van der Waals surface area contributed by atoms with Crippen LogP contribution in [-0.4, -0.2) is 35.0 Å². The second-order valence-corrected chi connectivity index (χ2v) is 6.63. The largest absolute Gasteiger partial charge is 0.398 e. The maximum absolute atomic E-state index is 6.35. The number of hydrogen-bond donors (Lipinski definition) is 3. The van der Waals surface area contributed by atoms with Crippen LogP contribution in [0.15, 0.2) is 47.9 Å². The normalized spacial score (nSPS) is 18.5. The lowest BCUT2D eigenvalue weighted by Gasteiger charge is -2.11. The molecule has 3 rings (SSSR count). The number of allylic oxidation sites excluding steroid dienone is 1. The van der Waals surface area contributed by atoms with Crippen LogP contribution >= 0.6 is 0 Å². The molecule has 0 spiro atoms. The molecule has 1 unspecified atom stereocenters. The molecule has 1 atom stereocenters. The van der Waals surface area contributed by atoms with Crippen molar-refractivity contribution in [3.63, 3.8) is 0 Å². The average molecular weight is 338 g/mol. The van der Waals surface area contributed by atoms with Gasteiger partial charge in [-0.25, -0.2) is 9.51 Å². The summed E-state index contributed by atoms with van der Waals surface area (Å²) in [5.41, 5.74) is 9.97. The predicted molar refractivity (Wildman–Crippen MR) is 103 cm³/mol. The maximum Gasteiger partial charge on any atom is 0.118 e. The maximum atomic E-state index is 6.35. The van der Waals surface area contributed by atoms with E-state index in [1.165, 1.54) is 0 Å². The second kappa shape index (κ2) is 7.53. The van der Waals surface area contributed by atoms with Crippen molar-refractivity contribution in [2.75, 3.05) is 13.1 Å². The van der Waals surface area contributed by atoms with E-state index in [0.717, 1.165) is 36.3 Å². The van der Waals surface area contributed by atoms with E-state index in [2.05, 4.69) is 41.2 Å². The Labute approximate surface area is 148 Å². The highest BCUT2D eigenvalue weighted by Crippen LogP contribution is 2.26. The van der Waals surface area contributed by atoms with E-state index in [1.54, 1.807) is 6.21 Å². The quantitative estimate of drug-likeness (QED) is 0.706. The van der Waals surface area contributed by atoms with Gasteiger partial charge in [-0.05, 0) is 37.1 Å². The van der Waals surface area contributed by atoms with E-state index in [0.29, 0.717) is 17.6 Å². The molecule has 3 heterocycles. The molecular formula is C19H26N6. The molecule has 0 saturated carbocycles. The fourth-order valence-corrected chi connectivity index (χ4v) is 3.06. The van der Waals surface area contributed by atoms with Gasteiger partial charge in [-0.2, -0.15) is 5.10 Å². The number of rotatable bonds is 6. The fourth-order valence-electron chi connectivity index (χ4n) is 3.06. The molecular weight excluding hydrogens is 312 g/mol. The Bertz CT molecular complexity index is 808. The van der Waals surface area contributed by atoms with Crippen LogP contribution in [0.1, 0.15) is 37.4 Å². The summed E-state index contributed by atoms with van der Waals surface area (Å²) in [6.07, 6.45) is 6.54. The molecule has 25 heavy (non-hydrogen) atoms. The first-order valence-electron chi connectivity index (χ1n) is 8.70. The molecule has 1 aliphatic heterocycles. The summed E-state index contributed by atoms with van der Waals surface area (Å²) in [7, 11) is 0. The van der Waals surface area contributed by atoms with E-state index >= 15 is 0 Å². The summed E-state index contributed by atoms with van der Waals surface area (Å²) in [5, 5.41) is 11.3. The number of nitrogens with two attached hydrogens (primary N) is 1. The Morgan fingerprint density at radius 1 is 1.52 bits per heavy atom. The van der Waals surface area contributed by atoms with Gasteiger partial charge in [0.1, 0.15) is 5.82 Å². The molecule has 0 bridgehead atoms. The van der Waals surface area contributed by atoms with Crippen LogP contribution in [0, 0.1) is 0 Å². The third-order valence-corrected chi connectivity index (χ3v) is 4.32. The van der Waals surface area contributed by atoms with Gasteiger partial charge < -0.3 is 16.4 Å². The lowest BCUT2D eigenvalue weighted by Crippen LogP contribution is -2.29. The number of fused-ring (bicyclic) bond motifs is 1. The molecule has 1 aliphatic rings. The van der Waals surface area contributed by atoms with Gasteiger partial charge in [0.2, 0.25) is 0 Å². The highest BCUT2D eigenvalue weighted by atomic mass is 15.2. The molecule has 132 valence electrons. The summed E-state index contributed by atoms with van der Waals surface area (Å²) in [5.74, 6) is 0.937. The molecule has 1 fully saturated rings. The SMILES string of the molecule is C=C(/N=C\C=C(/N)c1c(C(C)C)nn2ccccc12)NC1CCNC1. The van der Waals surface area contributed by atoms with Crippen LogP contribution in [-0.2, 0) is 0 Å². The molecule has 0 aromatic carbocycles. The zero-order chi connectivity index (χ0) is 17.8. The molecule has 0 radical (unpaired) electrons. The van der Waals surface area contributed by atoms with Gasteiger partial charge in [0.05, 0.1) is 11.2 Å². The molecule has 4 N–H and O–H groups in total.